The number of allylic oxidation sites excluding steroid dienone is 1. The molecule has 1 amide bonds. The van der Waals surface area contributed by atoms with Crippen molar-refractivity contribution in [3.05, 3.63) is 11.6 Å². The molecule has 4 aliphatic carbocycles. The van der Waals surface area contributed by atoms with Crippen LogP contribution in [0.25, 0.3) is 0 Å². The number of amides is 1. The fourth-order valence-corrected chi connectivity index (χ4v) is 17.5. The van der Waals surface area contributed by atoms with Crippen LogP contribution in [-0.4, -0.2) is 122 Å². The SMILES string of the molecule is CCCCCCCCC(CCCCCC)C(=O)OCCCCCCC(CN(C)CCOC(=O)CCCC(=O)N(CC(=O)O)CC(=O)OC1CC[C@]2(C)C(=CCC3C4CCC(CCCCC(C)C)C4(C)CCC32)C1)OC(=O)CCCCCOC(=O)C(CCCCCC)CCCCCCCC. The van der Waals surface area contributed by atoms with Crippen molar-refractivity contribution >= 4 is 41.7 Å². The molecule has 0 radical (unpaired) electrons. The lowest BCUT2D eigenvalue weighted by Gasteiger charge is -2.58. The fraction of sp³-hybridized carbons (Fsp3) is 0.893. The third-order valence-corrected chi connectivity index (χ3v) is 23.7. The van der Waals surface area contributed by atoms with Gasteiger partial charge in [-0.2, -0.15) is 0 Å². The van der Waals surface area contributed by atoms with E-state index in [1.54, 1.807) is 0 Å². The lowest BCUT2D eigenvalue weighted by Crippen LogP contribution is -2.50. The second-order valence-electron chi connectivity index (χ2n) is 32.3. The lowest BCUT2D eigenvalue weighted by molar-refractivity contribution is -0.158. The number of hydrogen-bond donors (Lipinski definition) is 1. The number of carboxylic acids is 1. The first-order valence-electron chi connectivity index (χ1n) is 41.5. The summed E-state index contributed by atoms with van der Waals surface area (Å²) in [4.78, 5) is 95.0. The average molecular weight is 1390 g/mol. The van der Waals surface area contributed by atoms with Crippen LogP contribution < -0.4 is 0 Å². The van der Waals surface area contributed by atoms with Gasteiger partial charge >= 0.3 is 35.8 Å². The van der Waals surface area contributed by atoms with E-state index in [0.29, 0.717) is 69.2 Å². The van der Waals surface area contributed by atoms with Gasteiger partial charge in [-0.05, 0) is 169 Å². The molecule has 0 saturated heterocycles. The number of rotatable bonds is 59. The van der Waals surface area contributed by atoms with Gasteiger partial charge in [0.05, 0.1) is 25.0 Å². The first-order chi connectivity index (χ1) is 47.8. The van der Waals surface area contributed by atoms with E-state index >= 15 is 0 Å². The van der Waals surface area contributed by atoms with E-state index in [4.69, 9.17) is 23.7 Å². The maximum absolute atomic E-state index is 13.5. The zero-order valence-electron chi connectivity index (χ0n) is 64.9. The van der Waals surface area contributed by atoms with Gasteiger partial charge in [-0.15, -0.1) is 0 Å². The number of hydrogen-bond acceptors (Lipinski definition) is 13. The molecule has 0 aromatic rings. The van der Waals surface area contributed by atoms with Crippen LogP contribution in [-0.2, 0) is 57.2 Å². The summed E-state index contributed by atoms with van der Waals surface area (Å²) in [6.45, 7) is 19.1. The van der Waals surface area contributed by atoms with Crippen LogP contribution in [0.2, 0.25) is 0 Å². The first kappa shape index (κ1) is 87.4. The van der Waals surface area contributed by atoms with Crippen LogP contribution >= 0.6 is 0 Å². The molecule has 15 heteroatoms. The molecule has 0 spiro atoms. The highest BCUT2D eigenvalue weighted by atomic mass is 16.6. The molecule has 572 valence electrons. The van der Waals surface area contributed by atoms with Crippen molar-refractivity contribution in [1.82, 2.24) is 9.80 Å². The van der Waals surface area contributed by atoms with Crippen molar-refractivity contribution < 1.29 is 62.4 Å². The summed E-state index contributed by atoms with van der Waals surface area (Å²) in [5.74, 6) is 0.378. The van der Waals surface area contributed by atoms with Crippen molar-refractivity contribution in [2.45, 2.75) is 376 Å². The second kappa shape index (κ2) is 51.2. The molecule has 4 aliphatic rings. The molecule has 15 nitrogen and oxygen atoms in total. The van der Waals surface area contributed by atoms with Crippen LogP contribution in [0.15, 0.2) is 11.6 Å². The van der Waals surface area contributed by atoms with Crippen LogP contribution in [0.4, 0.5) is 0 Å². The molecule has 0 aromatic heterocycles. The molecular weight excluding hydrogens is 1240 g/mol. The summed E-state index contributed by atoms with van der Waals surface area (Å²) >= 11 is 0. The molecule has 4 rings (SSSR count). The van der Waals surface area contributed by atoms with E-state index in [9.17, 15) is 38.7 Å². The maximum atomic E-state index is 13.5. The summed E-state index contributed by atoms with van der Waals surface area (Å²) in [7, 11) is 1.90. The Morgan fingerprint density at radius 2 is 1.05 bits per heavy atom. The normalized spacial score (nSPS) is 22.0. The van der Waals surface area contributed by atoms with Gasteiger partial charge in [-0.1, -0.05) is 228 Å². The smallest absolute Gasteiger partial charge is 0.325 e. The largest absolute Gasteiger partial charge is 0.480 e. The molecular formula is C84H148N2O13. The highest BCUT2D eigenvalue weighted by molar-refractivity contribution is 5.86. The van der Waals surface area contributed by atoms with Gasteiger partial charge in [-0.25, -0.2) is 0 Å². The minimum Gasteiger partial charge on any atom is -0.480 e. The molecule has 3 saturated carbocycles. The van der Waals surface area contributed by atoms with Gasteiger partial charge in [0, 0.05) is 38.8 Å². The number of fused-ring (bicyclic) bond motifs is 5. The lowest BCUT2D eigenvalue weighted by atomic mass is 9.47. The summed E-state index contributed by atoms with van der Waals surface area (Å²) < 4.78 is 29.5. The van der Waals surface area contributed by atoms with E-state index in [-0.39, 0.29) is 73.6 Å². The van der Waals surface area contributed by atoms with E-state index in [2.05, 4.69) is 61.5 Å². The Bertz CT molecular complexity index is 2290. The molecule has 0 heterocycles. The van der Waals surface area contributed by atoms with Gasteiger partial charge in [0.25, 0.3) is 0 Å². The minimum atomic E-state index is -1.23. The molecule has 9 unspecified atom stereocenters. The summed E-state index contributed by atoms with van der Waals surface area (Å²) in [5.41, 5.74) is 1.92. The highest BCUT2D eigenvalue weighted by Gasteiger charge is 2.58. The average Bonchev–Trinajstić information content (AvgIpc) is 1.70. The molecule has 0 bridgehead atoms. The molecule has 10 atom stereocenters. The Balaban J connectivity index is 1.22. The number of nitrogens with zero attached hydrogens (tertiary/aromatic N) is 2. The van der Waals surface area contributed by atoms with E-state index in [1.165, 1.54) is 134 Å². The summed E-state index contributed by atoms with van der Waals surface area (Å²) in [6.07, 6.45) is 49.2. The predicted molar refractivity (Wildman–Crippen MR) is 399 cm³/mol. The topological polar surface area (TPSA) is 192 Å². The van der Waals surface area contributed by atoms with E-state index in [0.717, 1.165) is 151 Å². The summed E-state index contributed by atoms with van der Waals surface area (Å²) in [6, 6.07) is 0. The van der Waals surface area contributed by atoms with Crippen LogP contribution in [0.5, 0.6) is 0 Å². The first-order valence-corrected chi connectivity index (χ1v) is 41.5. The van der Waals surface area contributed by atoms with E-state index < -0.39 is 43.0 Å². The van der Waals surface area contributed by atoms with Gasteiger partial charge in [-0.3, -0.25) is 38.5 Å². The molecule has 3 fully saturated rings. The van der Waals surface area contributed by atoms with Crippen LogP contribution in [0, 0.1) is 52.3 Å². The standard InChI is InChI=1S/C84H148N2O13/c1-10-14-18-22-24-31-43-67(41-29-20-16-12-3)81(93)96-59-37-27-26-33-46-72(99-79(91)48-34-28-38-60-97-82(94)68(42-30-21-17-13-4)44-32-25-23-19-15-11-2)63-85(9)58-61-95-78(90)49-39-47-76(87)86(64-77(88)89)65-80(92)98-71-54-56-84(8)70(62-71)50-52-73-74-53-51-69(45-36-35-40-66(5)6)83(74,7)57-55-75(73)84/h50,66-69,71-75H,10-49,51-65H2,1-9H3,(H,88,89)/t67?,68?,69?,71?,72?,73?,74?,75?,83?,84-/m1/s1. The molecule has 1 N–H and O–H groups in total. The van der Waals surface area contributed by atoms with Crippen LogP contribution in [0.3, 0.4) is 0 Å². The van der Waals surface area contributed by atoms with Crippen molar-refractivity contribution in [1.29, 1.82) is 0 Å². The number of carboxylic acid groups (broad SMARTS) is 1. The number of unbranched alkanes of at least 4 members (excludes halogenated alkanes) is 22. The zero-order valence-corrected chi connectivity index (χ0v) is 64.9. The third-order valence-electron chi connectivity index (χ3n) is 23.7. The van der Waals surface area contributed by atoms with Gasteiger partial charge in [0.15, 0.2) is 0 Å². The zero-order chi connectivity index (χ0) is 72.1. The quantitative estimate of drug-likeness (QED) is 0.0262. The Kier molecular flexibility index (Phi) is 45.2. The van der Waals surface area contributed by atoms with Crippen LogP contribution in [0.1, 0.15) is 364 Å². The predicted octanol–water partition coefficient (Wildman–Crippen LogP) is 20.4. The molecule has 0 aliphatic heterocycles. The minimum absolute atomic E-state index is 0.0247. The van der Waals surface area contributed by atoms with Crippen molar-refractivity contribution in [2.75, 3.05) is 53.0 Å². The monoisotopic (exact) mass is 1390 g/mol. The number of ether oxygens (including phenoxy) is 5. The van der Waals surface area contributed by atoms with Crippen molar-refractivity contribution in [3.8, 4) is 0 Å². The van der Waals surface area contributed by atoms with Gasteiger partial charge in [0.1, 0.15) is 31.9 Å². The molecule has 0 aromatic carbocycles. The number of likely N-dealkylation sites (N-methyl/N-ethyl adjacent to an activating group) is 1. The Morgan fingerprint density at radius 1 is 0.525 bits per heavy atom. The number of carbonyl (C=O) groups excluding carboxylic acids is 6. The molecule has 99 heavy (non-hydrogen) atoms. The number of esters is 5. The Morgan fingerprint density at radius 3 is 1.63 bits per heavy atom. The maximum Gasteiger partial charge on any atom is 0.325 e. The second-order valence-corrected chi connectivity index (χ2v) is 32.3. The fourth-order valence-electron chi connectivity index (χ4n) is 17.5. The van der Waals surface area contributed by atoms with Gasteiger partial charge in [0.2, 0.25) is 5.91 Å². The number of carbonyl (C=O) groups is 7. The Hall–Kier alpha value is -4.01. The van der Waals surface area contributed by atoms with Crippen molar-refractivity contribution in [2.24, 2.45) is 52.3 Å². The third kappa shape index (κ3) is 34.4. The Labute approximate surface area is 603 Å². The van der Waals surface area contributed by atoms with Crippen molar-refractivity contribution in [3.63, 3.8) is 0 Å². The summed E-state index contributed by atoms with van der Waals surface area (Å²) in [5, 5.41) is 9.77. The number of aliphatic carboxylic acids is 1. The highest BCUT2D eigenvalue weighted by Crippen LogP contribution is 2.67. The van der Waals surface area contributed by atoms with E-state index in [1.807, 2.05) is 11.9 Å². The van der Waals surface area contributed by atoms with Gasteiger partial charge < -0.3 is 33.7 Å².